The molecule has 12 heteroatoms. The molecule has 0 bridgehead atoms. The lowest BCUT2D eigenvalue weighted by Crippen LogP contribution is -2.41. The molecule has 39 heavy (non-hydrogen) atoms. The third kappa shape index (κ3) is 6.18. The predicted octanol–water partition coefficient (Wildman–Crippen LogP) is 2.82. The maximum atomic E-state index is 12.5. The fraction of sp³-hybridized carbons (Fsp3) is 0.185. The first kappa shape index (κ1) is 26.8. The van der Waals surface area contributed by atoms with Crippen LogP contribution in [-0.4, -0.2) is 49.1 Å². The van der Waals surface area contributed by atoms with E-state index in [1.54, 1.807) is 24.3 Å². The van der Waals surface area contributed by atoms with Gasteiger partial charge in [-0.25, -0.2) is 9.78 Å². The molecule has 0 aliphatic heterocycles. The number of amides is 1. The van der Waals surface area contributed by atoms with Crippen LogP contribution in [0.4, 0.5) is 17.5 Å². The number of carbonyl (C=O) groups excluding carboxylic acids is 1. The van der Waals surface area contributed by atoms with Crippen molar-refractivity contribution in [3.8, 4) is 11.1 Å². The fourth-order valence-corrected chi connectivity index (χ4v) is 4.20. The van der Waals surface area contributed by atoms with Gasteiger partial charge in [0.25, 0.3) is 5.91 Å². The summed E-state index contributed by atoms with van der Waals surface area (Å²) >= 11 is 0. The number of pyridine rings is 1. The molecule has 4 aromatic rings. The summed E-state index contributed by atoms with van der Waals surface area (Å²) < 4.78 is 0. The van der Waals surface area contributed by atoms with Gasteiger partial charge in [0, 0.05) is 41.0 Å². The maximum Gasteiger partial charge on any atom is 0.326 e. The number of hydrogen-bond acceptors (Lipinski definition) is 9. The Morgan fingerprint density at radius 2 is 1.64 bits per heavy atom. The standard InChI is InChI=1S/C27H27N7O5/c1-14-18(21(15-5-3-2-4-6-15)22-23(28)33-27(29)34-24(22)31-14)13-30-17-9-7-16(8-10-17)25(37)32-19(26(38)39)11-12-20(35)36/h2-10,19,30H,11-13H2,1H3,(H,32,37)(H,35,36)(H,38,39)(H4,28,29,31,33,34). The Kier molecular flexibility index (Phi) is 7.85. The third-order valence-corrected chi connectivity index (χ3v) is 6.13. The highest BCUT2D eigenvalue weighted by molar-refractivity contribution is 6.02. The number of nitrogens with one attached hydrogen (secondary N) is 2. The second-order valence-corrected chi connectivity index (χ2v) is 8.81. The van der Waals surface area contributed by atoms with Crippen LogP contribution < -0.4 is 22.1 Å². The van der Waals surface area contributed by atoms with Crippen LogP contribution in [0, 0.1) is 6.92 Å². The van der Waals surface area contributed by atoms with Gasteiger partial charge in [0.05, 0.1) is 5.39 Å². The summed E-state index contributed by atoms with van der Waals surface area (Å²) in [6.07, 6.45) is -0.597. The van der Waals surface area contributed by atoms with Gasteiger partial charge in [0.1, 0.15) is 11.9 Å². The molecule has 2 heterocycles. The van der Waals surface area contributed by atoms with Crippen LogP contribution in [0.15, 0.2) is 54.6 Å². The first-order valence-corrected chi connectivity index (χ1v) is 12.0. The smallest absolute Gasteiger partial charge is 0.326 e. The normalized spacial score (nSPS) is 11.6. The van der Waals surface area contributed by atoms with Crippen LogP contribution in [0.1, 0.15) is 34.5 Å². The zero-order valence-electron chi connectivity index (χ0n) is 21.0. The van der Waals surface area contributed by atoms with Gasteiger partial charge in [-0.1, -0.05) is 30.3 Å². The summed E-state index contributed by atoms with van der Waals surface area (Å²) in [6, 6.07) is 14.8. The van der Waals surface area contributed by atoms with Crippen LogP contribution in [-0.2, 0) is 16.1 Å². The number of anilines is 3. The van der Waals surface area contributed by atoms with E-state index >= 15 is 0 Å². The van der Waals surface area contributed by atoms with Crippen molar-refractivity contribution in [3.05, 3.63) is 71.4 Å². The highest BCUT2D eigenvalue weighted by Gasteiger charge is 2.22. The number of nitrogens with two attached hydrogens (primary N) is 2. The molecule has 8 N–H and O–H groups in total. The number of nitrogen functional groups attached to an aromatic ring is 2. The Balaban J connectivity index is 1.57. The van der Waals surface area contributed by atoms with Crippen molar-refractivity contribution in [3.63, 3.8) is 0 Å². The molecule has 2 aromatic heterocycles. The fourth-order valence-electron chi connectivity index (χ4n) is 4.20. The predicted molar refractivity (Wildman–Crippen MR) is 146 cm³/mol. The van der Waals surface area contributed by atoms with E-state index in [-0.39, 0.29) is 30.2 Å². The second-order valence-electron chi connectivity index (χ2n) is 8.81. The molecule has 1 amide bonds. The molecule has 0 saturated carbocycles. The van der Waals surface area contributed by atoms with Crippen molar-refractivity contribution in [2.75, 3.05) is 16.8 Å². The van der Waals surface area contributed by atoms with Gasteiger partial charge >= 0.3 is 11.9 Å². The molecule has 0 fully saturated rings. The molecular weight excluding hydrogens is 502 g/mol. The summed E-state index contributed by atoms with van der Waals surface area (Å²) in [4.78, 5) is 47.7. The highest BCUT2D eigenvalue weighted by atomic mass is 16.4. The minimum Gasteiger partial charge on any atom is -0.481 e. The topological polar surface area (TPSA) is 206 Å². The molecule has 1 unspecified atom stereocenters. The van der Waals surface area contributed by atoms with Crippen molar-refractivity contribution in [1.29, 1.82) is 0 Å². The van der Waals surface area contributed by atoms with E-state index in [1.807, 2.05) is 37.3 Å². The van der Waals surface area contributed by atoms with Crippen LogP contribution in [0.2, 0.25) is 0 Å². The number of aromatic nitrogens is 3. The molecule has 1 atom stereocenters. The monoisotopic (exact) mass is 529 g/mol. The van der Waals surface area contributed by atoms with Crippen LogP contribution in [0.3, 0.4) is 0 Å². The highest BCUT2D eigenvalue weighted by Crippen LogP contribution is 2.35. The van der Waals surface area contributed by atoms with Gasteiger partial charge in [-0.05, 0) is 43.2 Å². The van der Waals surface area contributed by atoms with Crippen molar-refractivity contribution in [2.45, 2.75) is 32.4 Å². The van der Waals surface area contributed by atoms with Gasteiger partial charge in [0.15, 0.2) is 5.65 Å². The summed E-state index contributed by atoms with van der Waals surface area (Å²) in [7, 11) is 0. The first-order valence-electron chi connectivity index (χ1n) is 12.0. The van der Waals surface area contributed by atoms with E-state index in [1.165, 1.54) is 0 Å². The Hall–Kier alpha value is -5.26. The van der Waals surface area contributed by atoms with E-state index < -0.39 is 23.9 Å². The van der Waals surface area contributed by atoms with Gasteiger partial charge in [0.2, 0.25) is 5.95 Å². The molecule has 0 saturated heterocycles. The van der Waals surface area contributed by atoms with Gasteiger partial charge in [-0.15, -0.1) is 0 Å². The summed E-state index contributed by atoms with van der Waals surface area (Å²) in [5, 5.41) is 24.4. The number of rotatable bonds is 10. The molecule has 0 aliphatic carbocycles. The Morgan fingerprint density at radius 1 is 0.949 bits per heavy atom. The van der Waals surface area contributed by atoms with Crippen LogP contribution in [0.5, 0.6) is 0 Å². The van der Waals surface area contributed by atoms with Crippen molar-refractivity contribution in [1.82, 2.24) is 20.3 Å². The maximum absolute atomic E-state index is 12.5. The summed E-state index contributed by atoms with van der Waals surface area (Å²) in [5.74, 6) is -2.79. The van der Waals surface area contributed by atoms with E-state index in [9.17, 15) is 19.5 Å². The van der Waals surface area contributed by atoms with Gasteiger partial charge in [-0.3, -0.25) is 9.59 Å². The minimum absolute atomic E-state index is 0.0393. The Morgan fingerprint density at radius 3 is 2.28 bits per heavy atom. The lowest BCUT2D eigenvalue weighted by Gasteiger charge is -2.18. The van der Waals surface area contributed by atoms with E-state index in [2.05, 4.69) is 25.6 Å². The molecule has 0 radical (unpaired) electrons. The summed E-state index contributed by atoms with van der Waals surface area (Å²) in [5.41, 5.74) is 16.7. The van der Waals surface area contributed by atoms with Crippen LogP contribution in [0.25, 0.3) is 22.2 Å². The summed E-state index contributed by atoms with van der Waals surface area (Å²) in [6.45, 7) is 2.23. The lowest BCUT2D eigenvalue weighted by atomic mass is 9.95. The van der Waals surface area contributed by atoms with Gasteiger partial charge in [-0.2, -0.15) is 9.97 Å². The number of aryl methyl sites for hydroxylation is 1. The zero-order chi connectivity index (χ0) is 28.1. The zero-order valence-corrected chi connectivity index (χ0v) is 21.0. The number of carbonyl (C=O) groups is 3. The van der Waals surface area contributed by atoms with E-state index in [0.717, 1.165) is 22.4 Å². The molecule has 12 nitrogen and oxygen atoms in total. The molecule has 4 rings (SSSR count). The van der Waals surface area contributed by atoms with Crippen molar-refractivity contribution < 1.29 is 24.6 Å². The number of benzene rings is 2. The lowest BCUT2D eigenvalue weighted by molar-refractivity contribution is -0.140. The number of nitrogens with zero attached hydrogens (tertiary/aromatic N) is 3. The van der Waals surface area contributed by atoms with E-state index in [4.69, 9.17) is 16.6 Å². The number of fused-ring (bicyclic) bond motifs is 1. The average Bonchev–Trinajstić information content (AvgIpc) is 2.89. The SMILES string of the molecule is Cc1nc2nc(N)nc(N)c2c(-c2ccccc2)c1CNc1ccc(C(=O)NC(CCC(=O)O)C(=O)O)cc1. The largest absolute Gasteiger partial charge is 0.481 e. The van der Waals surface area contributed by atoms with Crippen LogP contribution >= 0.6 is 0 Å². The third-order valence-electron chi connectivity index (χ3n) is 6.13. The first-order chi connectivity index (χ1) is 18.6. The minimum atomic E-state index is -1.31. The molecule has 2 aromatic carbocycles. The number of aliphatic carboxylic acids is 2. The van der Waals surface area contributed by atoms with E-state index in [0.29, 0.717) is 23.3 Å². The number of carboxylic acid groups (broad SMARTS) is 2. The van der Waals surface area contributed by atoms with Crippen molar-refractivity contribution in [2.24, 2.45) is 0 Å². The Bertz CT molecular complexity index is 1540. The second kappa shape index (κ2) is 11.4. The van der Waals surface area contributed by atoms with Gasteiger partial charge < -0.3 is 32.3 Å². The molecule has 0 spiro atoms. The Labute approximate surface area is 223 Å². The molecular formula is C27H27N7O5. The number of hydrogen-bond donors (Lipinski definition) is 6. The molecule has 0 aliphatic rings. The average molecular weight is 530 g/mol. The van der Waals surface area contributed by atoms with Crippen molar-refractivity contribution >= 4 is 46.3 Å². The molecule has 200 valence electrons. The quantitative estimate of drug-likeness (QED) is 0.176. The number of carboxylic acids is 2.